The van der Waals surface area contributed by atoms with Crippen LogP contribution in [-0.4, -0.2) is 58.0 Å². The van der Waals surface area contributed by atoms with E-state index in [0.29, 0.717) is 19.6 Å². The highest BCUT2D eigenvalue weighted by molar-refractivity contribution is 5.78. The number of amides is 1. The van der Waals surface area contributed by atoms with E-state index >= 15 is 0 Å². The minimum Gasteiger partial charge on any atom is -0.396 e. The van der Waals surface area contributed by atoms with E-state index < -0.39 is 0 Å². The monoisotopic (exact) mass is 265 g/mol. The van der Waals surface area contributed by atoms with E-state index in [-0.39, 0.29) is 30.6 Å². The third-order valence-corrected chi connectivity index (χ3v) is 4.11. The molecule has 1 saturated heterocycles. The molecule has 2 heterocycles. The van der Waals surface area contributed by atoms with Crippen LogP contribution in [0.2, 0.25) is 0 Å². The number of rotatable bonds is 3. The van der Waals surface area contributed by atoms with Crippen LogP contribution in [-0.2, 0) is 16.0 Å². The van der Waals surface area contributed by atoms with Crippen LogP contribution < -0.4 is 0 Å². The zero-order valence-corrected chi connectivity index (χ0v) is 10.8. The molecule has 0 radical (unpaired) electrons. The number of aliphatic hydroxyl groups is 1. The summed E-state index contributed by atoms with van der Waals surface area (Å²) in [7, 11) is 0. The van der Waals surface area contributed by atoms with Gasteiger partial charge in [-0.2, -0.15) is 5.10 Å². The molecule has 3 atom stereocenters. The van der Waals surface area contributed by atoms with Gasteiger partial charge in [0, 0.05) is 25.0 Å². The summed E-state index contributed by atoms with van der Waals surface area (Å²) < 4.78 is 5.72. The largest absolute Gasteiger partial charge is 0.396 e. The minimum atomic E-state index is 0.0941. The van der Waals surface area contributed by atoms with E-state index in [4.69, 9.17) is 4.74 Å². The van der Waals surface area contributed by atoms with Crippen LogP contribution in [0, 0.1) is 5.92 Å². The van der Waals surface area contributed by atoms with Crippen molar-refractivity contribution in [2.45, 2.75) is 31.4 Å². The summed E-state index contributed by atoms with van der Waals surface area (Å²) in [4.78, 5) is 14.3. The summed E-state index contributed by atoms with van der Waals surface area (Å²) in [5.41, 5.74) is 0.838. The fraction of sp³-hybridized carbons (Fsp3) is 0.692. The lowest BCUT2D eigenvalue weighted by atomic mass is 10.1. The number of H-pyrrole nitrogens is 1. The summed E-state index contributed by atoms with van der Waals surface area (Å²) >= 11 is 0. The van der Waals surface area contributed by atoms with Gasteiger partial charge in [0.15, 0.2) is 0 Å². The van der Waals surface area contributed by atoms with Gasteiger partial charge in [-0.3, -0.25) is 9.89 Å². The van der Waals surface area contributed by atoms with Crippen LogP contribution in [0.4, 0.5) is 0 Å². The van der Waals surface area contributed by atoms with Gasteiger partial charge < -0.3 is 14.7 Å². The molecule has 1 saturated carbocycles. The molecule has 6 nitrogen and oxygen atoms in total. The Kier molecular flexibility index (Phi) is 3.52. The molecule has 1 aliphatic carbocycles. The molecule has 104 valence electrons. The Morgan fingerprint density at radius 1 is 1.58 bits per heavy atom. The molecule has 1 unspecified atom stereocenters. The lowest BCUT2D eigenvalue weighted by molar-refractivity contribution is -0.143. The van der Waals surface area contributed by atoms with Crippen molar-refractivity contribution >= 4 is 5.91 Å². The lowest BCUT2D eigenvalue weighted by Crippen LogP contribution is -2.51. The predicted molar refractivity (Wildman–Crippen MR) is 67.3 cm³/mol. The molecular formula is C13H19N3O3. The molecule has 2 aliphatic rings. The summed E-state index contributed by atoms with van der Waals surface area (Å²) in [6.45, 7) is 1.42. The molecule has 1 aromatic heterocycles. The number of carbonyl (C=O) groups excluding carboxylic acids is 1. The second kappa shape index (κ2) is 5.30. The van der Waals surface area contributed by atoms with Crippen molar-refractivity contribution in [3.05, 3.63) is 18.0 Å². The fourth-order valence-corrected chi connectivity index (χ4v) is 3.16. The van der Waals surface area contributed by atoms with Crippen molar-refractivity contribution in [3.8, 4) is 0 Å². The molecule has 1 aromatic rings. The Morgan fingerprint density at radius 2 is 2.47 bits per heavy atom. The molecule has 19 heavy (non-hydrogen) atoms. The van der Waals surface area contributed by atoms with Crippen molar-refractivity contribution in [1.82, 2.24) is 15.1 Å². The zero-order chi connectivity index (χ0) is 13.2. The smallest absolute Gasteiger partial charge is 0.228 e. The third kappa shape index (κ3) is 2.50. The van der Waals surface area contributed by atoms with Gasteiger partial charge in [-0.05, 0) is 24.8 Å². The first-order valence-electron chi connectivity index (χ1n) is 6.78. The van der Waals surface area contributed by atoms with Crippen LogP contribution >= 0.6 is 0 Å². The highest BCUT2D eigenvalue weighted by Crippen LogP contribution is 2.34. The first-order valence-corrected chi connectivity index (χ1v) is 6.78. The van der Waals surface area contributed by atoms with E-state index in [1.54, 1.807) is 6.20 Å². The predicted octanol–water partition coefficient (Wildman–Crippen LogP) is -0.0495. The van der Waals surface area contributed by atoms with Crippen LogP contribution in [0.5, 0.6) is 0 Å². The van der Waals surface area contributed by atoms with Gasteiger partial charge in [0.05, 0.1) is 25.2 Å². The van der Waals surface area contributed by atoms with E-state index in [1.807, 2.05) is 11.0 Å². The number of carbonyl (C=O) groups is 1. The van der Waals surface area contributed by atoms with E-state index in [1.165, 1.54) is 0 Å². The number of hydrogen-bond acceptors (Lipinski definition) is 4. The maximum Gasteiger partial charge on any atom is 0.228 e. The summed E-state index contributed by atoms with van der Waals surface area (Å²) in [5.74, 6) is 0.372. The van der Waals surface area contributed by atoms with E-state index in [0.717, 1.165) is 18.5 Å². The second-order valence-electron chi connectivity index (χ2n) is 5.34. The first-order chi connectivity index (χ1) is 9.28. The quantitative estimate of drug-likeness (QED) is 0.803. The number of hydrogen-bond donors (Lipinski definition) is 2. The number of aromatic nitrogens is 2. The zero-order valence-electron chi connectivity index (χ0n) is 10.8. The van der Waals surface area contributed by atoms with Crippen molar-refractivity contribution < 1.29 is 14.6 Å². The van der Waals surface area contributed by atoms with Crippen molar-refractivity contribution in [2.24, 2.45) is 5.92 Å². The highest BCUT2D eigenvalue weighted by atomic mass is 16.5. The molecule has 0 aromatic carbocycles. The maximum atomic E-state index is 12.4. The van der Waals surface area contributed by atoms with E-state index in [9.17, 15) is 9.90 Å². The third-order valence-electron chi connectivity index (χ3n) is 4.11. The van der Waals surface area contributed by atoms with Crippen LogP contribution in [0.1, 0.15) is 18.5 Å². The Balaban J connectivity index is 1.67. The van der Waals surface area contributed by atoms with Crippen LogP contribution in [0.3, 0.4) is 0 Å². The van der Waals surface area contributed by atoms with Crippen LogP contribution in [0.15, 0.2) is 12.3 Å². The average molecular weight is 265 g/mol. The Bertz CT molecular complexity index is 434. The Hall–Kier alpha value is -1.40. The normalized spacial score (nSPS) is 30.4. The van der Waals surface area contributed by atoms with E-state index in [2.05, 4.69) is 10.2 Å². The van der Waals surface area contributed by atoms with Gasteiger partial charge in [-0.1, -0.05) is 0 Å². The first kappa shape index (κ1) is 12.6. The molecule has 2 fully saturated rings. The number of morpholine rings is 1. The molecular weight excluding hydrogens is 246 g/mol. The molecule has 1 amide bonds. The lowest BCUT2D eigenvalue weighted by Gasteiger charge is -2.37. The van der Waals surface area contributed by atoms with Crippen molar-refractivity contribution in [2.75, 3.05) is 19.8 Å². The fourth-order valence-electron chi connectivity index (χ4n) is 3.16. The van der Waals surface area contributed by atoms with Gasteiger partial charge in [0.2, 0.25) is 5.91 Å². The molecule has 0 bridgehead atoms. The van der Waals surface area contributed by atoms with Gasteiger partial charge in [-0.25, -0.2) is 0 Å². The van der Waals surface area contributed by atoms with Gasteiger partial charge >= 0.3 is 0 Å². The number of nitrogens with zero attached hydrogens (tertiary/aromatic N) is 2. The maximum absolute atomic E-state index is 12.4. The number of aliphatic hydroxyl groups excluding tert-OH is 1. The molecule has 2 N–H and O–H groups in total. The highest BCUT2D eigenvalue weighted by Gasteiger charge is 2.42. The number of nitrogens with one attached hydrogen (secondary N) is 1. The number of ether oxygens (including phenoxy) is 1. The SMILES string of the molecule is O=C(Cc1ccn[nH]1)N1CCOC2C[C@H](CO)C[C@@H]21. The minimum absolute atomic E-state index is 0.0941. The summed E-state index contributed by atoms with van der Waals surface area (Å²) in [6, 6.07) is 1.95. The Morgan fingerprint density at radius 3 is 3.21 bits per heavy atom. The van der Waals surface area contributed by atoms with Gasteiger partial charge in [0.1, 0.15) is 0 Å². The topological polar surface area (TPSA) is 78.5 Å². The molecule has 3 rings (SSSR count). The van der Waals surface area contributed by atoms with Crippen molar-refractivity contribution in [3.63, 3.8) is 0 Å². The Labute approximate surface area is 111 Å². The molecule has 0 spiro atoms. The number of aromatic amines is 1. The van der Waals surface area contributed by atoms with Gasteiger partial charge in [-0.15, -0.1) is 0 Å². The average Bonchev–Trinajstić information content (AvgIpc) is 3.05. The van der Waals surface area contributed by atoms with Gasteiger partial charge in [0.25, 0.3) is 0 Å². The van der Waals surface area contributed by atoms with Crippen LogP contribution in [0.25, 0.3) is 0 Å². The summed E-state index contributed by atoms with van der Waals surface area (Å²) in [6.07, 6.45) is 3.80. The number of fused-ring (bicyclic) bond motifs is 1. The second-order valence-corrected chi connectivity index (χ2v) is 5.34. The standard InChI is InChI=1S/C13H19N3O3/c17-8-9-5-11-12(6-9)19-4-3-16(11)13(18)7-10-1-2-14-15-10/h1-2,9,11-12,17H,3-8H2,(H,14,15)/t9-,11+,12?/m1/s1. The van der Waals surface area contributed by atoms with Crippen molar-refractivity contribution in [1.29, 1.82) is 0 Å². The molecule has 6 heteroatoms. The molecule has 1 aliphatic heterocycles. The summed E-state index contributed by atoms with van der Waals surface area (Å²) in [5, 5.41) is 15.9.